The van der Waals surface area contributed by atoms with Crippen molar-refractivity contribution in [3.63, 3.8) is 0 Å². The fraction of sp³-hybridized carbons (Fsp3) is 0.611. The number of unbranched alkanes of at least 4 members (excludes halogenated alkanes) is 6. The Morgan fingerprint density at radius 3 is 2.14 bits per heavy atom. The molecule has 0 aromatic heterocycles. The van der Waals surface area contributed by atoms with Crippen LogP contribution in [-0.4, -0.2) is 5.91 Å². The van der Waals surface area contributed by atoms with Crippen LogP contribution in [0.2, 0.25) is 0 Å². The van der Waals surface area contributed by atoms with Crippen molar-refractivity contribution in [3.8, 4) is 0 Å². The van der Waals surface area contributed by atoms with Gasteiger partial charge < -0.3 is 5.32 Å². The van der Waals surface area contributed by atoms with Gasteiger partial charge in [-0.25, -0.2) is 0 Å². The predicted molar refractivity (Wildman–Crippen MR) is 90.5 cm³/mol. The van der Waals surface area contributed by atoms with Crippen LogP contribution in [0.4, 0.5) is 0 Å². The molecular formula is C18H28ClNO. The number of hydrogen-bond acceptors (Lipinski definition) is 1. The Kier molecular flexibility index (Phi) is 9.98. The number of amides is 1. The first-order valence-corrected chi connectivity index (χ1v) is 8.70. The number of benzene rings is 1. The summed E-state index contributed by atoms with van der Waals surface area (Å²) in [7, 11) is 0. The average molecular weight is 310 g/mol. The first-order chi connectivity index (χ1) is 10.3. The minimum Gasteiger partial charge on any atom is -0.352 e. The fourth-order valence-electron chi connectivity index (χ4n) is 2.28. The quantitative estimate of drug-likeness (QED) is 0.443. The smallest absolute Gasteiger partial charge is 0.220 e. The van der Waals surface area contributed by atoms with Crippen molar-refractivity contribution in [2.24, 2.45) is 0 Å². The number of rotatable bonds is 11. The molecule has 21 heavy (non-hydrogen) atoms. The highest BCUT2D eigenvalue weighted by Crippen LogP contribution is 2.09. The molecule has 0 radical (unpaired) electrons. The Morgan fingerprint density at radius 2 is 1.52 bits per heavy atom. The summed E-state index contributed by atoms with van der Waals surface area (Å²) in [6, 6.07) is 8.05. The van der Waals surface area contributed by atoms with E-state index in [2.05, 4.69) is 12.2 Å². The van der Waals surface area contributed by atoms with Crippen molar-refractivity contribution < 1.29 is 4.79 Å². The normalized spacial score (nSPS) is 10.6. The highest BCUT2D eigenvalue weighted by atomic mass is 35.5. The van der Waals surface area contributed by atoms with Gasteiger partial charge in [0.15, 0.2) is 0 Å². The lowest BCUT2D eigenvalue weighted by Crippen LogP contribution is -2.22. The molecule has 0 aliphatic rings. The Bertz CT molecular complexity index is 389. The summed E-state index contributed by atoms with van der Waals surface area (Å²) in [5.41, 5.74) is 2.23. The summed E-state index contributed by atoms with van der Waals surface area (Å²) in [4.78, 5) is 11.7. The molecule has 0 aliphatic carbocycles. The molecular weight excluding hydrogens is 282 g/mol. The third kappa shape index (κ3) is 8.77. The second-order valence-corrected chi connectivity index (χ2v) is 5.87. The van der Waals surface area contributed by atoms with Gasteiger partial charge in [-0.2, -0.15) is 0 Å². The van der Waals surface area contributed by atoms with Gasteiger partial charge in [0.25, 0.3) is 0 Å². The van der Waals surface area contributed by atoms with Gasteiger partial charge in [0.05, 0.1) is 0 Å². The summed E-state index contributed by atoms with van der Waals surface area (Å²) in [5.74, 6) is 0.690. The molecule has 2 nitrogen and oxygen atoms in total. The van der Waals surface area contributed by atoms with E-state index in [9.17, 15) is 4.79 Å². The van der Waals surface area contributed by atoms with Crippen LogP contribution < -0.4 is 5.32 Å². The second kappa shape index (κ2) is 11.6. The van der Waals surface area contributed by atoms with E-state index >= 15 is 0 Å². The Morgan fingerprint density at radius 1 is 0.952 bits per heavy atom. The molecule has 0 fully saturated rings. The number of halogens is 1. The first kappa shape index (κ1) is 18.0. The minimum atomic E-state index is 0.157. The van der Waals surface area contributed by atoms with Gasteiger partial charge in [0, 0.05) is 18.8 Å². The van der Waals surface area contributed by atoms with Crippen molar-refractivity contribution in [2.75, 3.05) is 0 Å². The third-order valence-corrected chi connectivity index (χ3v) is 3.98. The van der Waals surface area contributed by atoms with Gasteiger partial charge in [-0.3, -0.25) is 4.79 Å². The zero-order chi connectivity index (χ0) is 15.3. The van der Waals surface area contributed by atoms with Crippen LogP contribution in [0.3, 0.4) is 0 Å². The maximum absolute atomic E-state index is 11.7. The molecule has 1 N–H and O–H groups in total. The van der Waals surface area contributed by atoms with Crippen molar-refractivity contribution in [1.82, 2.24) is 5.32 Å². The molecule has 1 aromatic rings. The number of nitrogens with one attached hydrogen (secondary N) is 1. The van der Waals surface area contributed by atoms with E-state index in [1.807, 2.05) is 24.3 Å². The zero-order valence-electron chi connectivity index (χ0n) is 13.2. The van der Waals surface area contributed by atoms with Crippen LogP contribution >= 0.6 is 11.6 Å². The van der Waals surface area contributed by atoms with Gasteiger partial charge in [-0.1, -0.05) is 69.7 Å². The Hall–Kier alpha value is -1.02. The van der Waals surface area contributed by atoms with Crippen LogP contribution in [0, 0.1) is 0 Å². The number of hydrogen-bond donors (Lipinski definition) is 1. The number of carbonyl (C=O) groups is 1. The van der Waals surface area contributed by atoms with E-state index in [-0.39, 0.29) is 5.91 Å². The van der Waals surface area contributed by atoms with E-state index in [0.717, 1.165) is 17.5 Å². The summed E-state index contributed by atoms with van der Waals surface area (Å²) < 4.78 is 0. The number of alkyl halides is 1. The fourth-order valence-corrected chi connectivity index (χ4v) is 2.46. The van der Waals surface area contributed by atoms with Crippen molar-refractivity contribution in [2.45, 2.75) is 70.7 Å². The largest absolute Gasteiger partial charge is 0.352 e. The van der Waals surface area contributed by atoms with Gasteiger partial charge in [-0.05, 0) is 17.5 Å². The first-order valence-electron chi connectivity index (χ1n) is 8.16. The monoisotopic (exact) mass is 309 g/mol. The lowest BCUT2D eigenvalue weighted by molar-refractivity contribution is -0.121. The highest BCUT2D eigenvalue weighted by molar-refractivity contribution is 6.17. The van der Waals surface area contributed by atoms with Crippen molar-refractivity contribution >= 4 is 17.5 Å². The number of carbonyl (C=O) groups excluding carboxylic acids is 1. The predicted octanol–water partition coefficient (Wildman–Crippen LogP) is 5.18. The van der Waals surface area contributed by atoms with E-state index < -0.39 is 0 Å². The molecule has 1 rings (SSSR count). The second-order valence-electron chi connectivity index (χ2n) is 5.60. The maximum Gasteiger partial charge on any atom is 0.220 e. The van der Waals surface area contributed by atoms with Gasteiger partial charge in [0.1, 0.15) is 0 Å². The molecule has 3 heteroatoms. The van der Waals surface area contributed by atoms with Crippen LogP contribution in [0.15, 0.2) is 24.3 Å². The van der Waals surface area contributed by atoms with Gasteiger partial charge in [0.2, 0.25) is 5.91 Å². The molecule has 0 saturated carbocycles. The molecule has 1 amide bonds. The summed E-state index contributed by atoms with van der Waals surface area (Å²) in [5, 5.41) is 2.98. The molecule has 0 aliphatic heterocycles. The standard InChI is InChI=1S/C18H28ClNO/c1-2-3-4-5-6-7-8-9-18(21)20-15-17-12-10-16(14-19)11-13-17/h10-13H,2-9,14-15H2,1H3,(H,20,21). The summed E-state index contributed by atoms with van der Waals surface area (Å²) in [6.07, 6.45) is 9.34. The Labute approximate surface area is 134 Å². The third-order valence-electron chi connectivity index (χ3n) is 3.67. The molecule has 0 atom stereocenters. The van der Waals surface area contributed by atoms with Crippen LogP contribution in [0.5, 0.6) is 0 Å². The summed E-state index contributed by atoms with van der Waals surface area (Å²) >= 11 is 5.75. The minimum absolute atomic E-state index is 0.157. The van der Waals surface area contributed by atoms with E-state index in [1.165, 1.54) is 38.5 Å². The molecule has 0 bridgehead atoms. The summed E-state index contributed by atoms with van der Waals surface area (Å²) in [6.45, 7) is 2.84. The topological polar surface area (TPSA) is 29.1 Å². The molecule has 0 unspecified atom stereocenters. The van der Waals surface area contributed by atoms with E-state index in [4.69, 9.17) is 11.6 Å². The molecule has 0 saturated heterocycles. The molecule has 0 heterocycles. The van der Waals surface area contributed by atoms with Gasteiger partial charge in [-0.15, -0.1) is 11.6 Å². The lowest BCUT2D eigenvalue weighted by Gasteiger charge is -2.06. The molecule has 118 valence electrons. The SMILES string of the molecule is CCCCCCCCCC(=O)NCc1ccc(CCl)cc1. The van der Waals surface area contributed by atoms with Crippen molar-refractivity contribution in [1.29, 1.82) is 0 Å². The van der Waals surface area contributed by atoms with Gasteiger partial charge >= 0.3 is 0 Å². The molecule has 1 aromatic carbocycles. The van der Waals surface area contributed by atoms with Crippen molar-refractivity contribution in [3.05, 3.63) is 35.4 Å². The maximum atomic E-state index is 11.7. The van der Waals surface area contributed by atoms with E-state index in [0.29, 0.717) is 18.8 Å². The van der Waals surface area contributed by atoms with Crippen LogP contribution in [0.1, 0.15) is 69.4 Å². The van der Waals surface area contributed by atoms with Crippen LogP contribution in [-0.2, 0) is 17.2 Å². The highest BCUT2D eigenvalue weighted by Gasteiger charge is 2.01. The molecule has 0 spiro atoms. The lowest BCUT2D eigenvalue weighted by atomic mass is 10.1. The van der Waals surface area contributed by atoms with E-state index in [1.54, 1.807) is 0 Å². The average Bonchev–Trinajstić information content (AvgIpc) is 2.52. The Balaban J connectivity index is 2.05. The zero-order valence-corrected chi connectivity index (χ0v) is 13.9. The van der Waals surface area contributed by atoms with Crippen LogP contribution in [0.25, 0.3) is 0 Å².